The topological polar surface area (TPSA) is 94.6 Å². The molecule has 0 bridgehead atoms. The average molecular weight is 367 g/mol. The summed E-state index contributed by atoms with van der Waals surface area (Å²) >= 11 is 0. The van der Waals surface area contributed by atoms with Crippen LogP contribution in [0.3, 0.4) is 0 Å². The van der Waals surface area contributed by atoms with E-state index in [4.69, 9.17) is 0 Å². The van der Waals surface area contributed by atoms with Gasteiger partial charge in [-0.1, -0.05) is 23.8 Å². The van der Waals surface area contributed by atoms with Gasteiger partial charge in [0.25, 0.3) is 11.7 Å². The van der Waals surface area contributed by atoms with Gasteiger partial charge in [0.15, 0.2) is 0 Å². The number of ketones is 1. The van der Waals surface area contributed by atoms with Crippen LogP contribution in [-0.2, 0) is 21.5 Å². The van der Waals surface area contributed by atoms with Gasteiger partial charge in [-0.2, -0.15) is 0 Å². The minimum absolute atomic E-state index is 0. The fourth-order valence-corrected chi connectivity index (χ4v) is 3.28. The van der Waals surface area contributed by atoms with Gasteiger partial charge in [-0.3, -0.25) is 9.59 Å². The van der Waals surface area contributed by atoms with E-state index >= 15 is 0 Å². The van der Waals surface area contributed by atoms with E-state index in [0.29, 0.717) is 5.69 Å². The Morgan fingerprint density at radius 3 is 2.32 bits per heavy atom. The average Bonchev–Trinajstić information content (AvgIpc) is 2.73. The molecule has 0 aromatic heterocycles. The molecular weight excluding hydrogens is 353 g/mol. The second-order valence-electron chi connectivity index (χ2n) is 5.78. The van der Waals surface area contributed by atoms with Crippen LogP contribution in [0.1, 0.15) is 27.0 Å². The SMILES string of the molecule is Cc1ccc(CN2C(=O)C(=O)c3cc(S(=O)(=O)[O-])ccc32)c(C)c1.[Na+]. The Kier molecular flexibility index (Phi) is 5.56. The summed E-state index contributed by atoms with van der Waals surface area (Å²) in [5.41, 5.74) is 3.22. The van der Waals surface area contributed by atoms with E-state index in [1.54, 1.807) is 0 Å². The molecule has 8 heteroatoms. The van der Waals surface area contributed by atoms with Gasteiger partial charge in [0.2, 0.25) is 0 Å². The predicted molar refractivity (Wildman–Crippen MR) is 85.8 cm³/mol. The number of fused-ring (bicyclic) bond motifs is 1. The third kappa shape index (κ3) is 3.70. The molecule has 25 heavy (non-hydrogen) atoms. The van der Waals surface area contributed by atoms with Crippen molar-refractivity contribution in [3.05, 3.63) is 58.7 Å². The van der Waals surface area contributed by atoms with Crippen molar-refractivity contribution in [2.75, 3.05) is 4.90 Å². The number of nitrogens with zero attached hydrogens (tertiary/aromatic N) is 1. The van der Waals surface area contributed by atoms with Gasteiger partial charge >= 0.3 is 29.6 Å². The maximum Gasteiger partial charge on any atom is 1.00 e. The van der Waals surface area contributed by atoms with Crippen molar-refractivity contribution >= 4 is 27.5 Å². The number of rotatable bonds is 3. The van der Waals surface area contributed by atoms with Gasteiger partial charge < -0.3 is 9.45 Å². The van der Waals surface area contributed by atoms with Crippen LogP contribution in [0, 0.1) is 13.8 Å². The maximum absolute atomic E-state index is 12.3. The predicted octanol–water partition coefficient (Wildman–Crippen LogP) is -1.06. The Morgan fingerprint density at radius 1 is 1.04 bits per heavy atom. The van der Waals surface area contributed by atoms with E-state index in [0.717, 1.165) is 28.8 Å². The summed E-state index contributed by atoms with van der Waals surface area (Å²) in [7, 11) is -4.69. The summed E-state index contributed by atoms with van der Waals surface area (Å²) in [4.78, 5) is 25.2. The number of carbonyl (C=O) groups is 2. The molecule has 0 aliphatic carbocycles. The van der Waals surface area contributed by atoms with Crippen LogP contribution in [0.15, 0.2) is 41.3 Å². The Balaban J connectivity index is 0.00000225. The smallest absolute Gasteiger partial charge is 0.744 e. The van der Waals surface area contributed by atoms with Gasteiger partial charge in [-0.05, 0) is 43.2 Å². The molecule has 0 fully saturated rings. The number of aryl methyl sites for hydroxylation is 2. The molecule has 2 aromatic rings. The number of amides is 1. The fourth-order valence-electron chi connectivity index (χ4n) is 2.79. The molecule has 124 valence electrons. The summed E-state index contributed by atoms with van der Waals surface area (Å²) in [5, 5.41) is 0. The number of Topliss-reactive ketones (excluding diaryl/α,β-unsaturated/α-hetero) is 1. The Hall–Kier alpha value is -1.51. The van der Waals surface area contributed by atoms with Gasteiger partial charge in [-0.25, -0.2) is 8.42 Å². The van der Waals surface area contributed by atoms with Gasteiger partial charge in [0.05, 0.1) is 22.7 Å². The van der Waals surface area contributed by atoms with Crippen LogP contribution in [0.2, 0.25) is 0 Å². The molecule has 2 aromatic carbocycles. The summed E-state index contributed by atoms with van der Waals surface area (Å²) < 4.78 is 33.3. The number of hydrogen-bond acceptors (Lipinski definition) is 5. The summed E-state index contributed by atoms with van der Waals surface area (Å²) in [6.45, 7) is 4.08. The number of anilines is 1. The summed E-state index contributed by atoms with van der Waals surface area (Å²) in [6.07, 6.45) is 0. The molecule has 1 aliphatic heterocycles. The quantitative estimate of drug-likeness (QED) is 0.392. The van der Waals surface area contributed by atoms with E-state index in [1.165, 1.54) is 11.0 Å². The number of carbonyl (C=O) groups excluding carboxylic acids is 2. The molecule has 0 spiro atoms. The van der Waals surface area contributed by atoms with Crippen molar-refractivity contribution in [2.45, 2.75) is 25.3 Å². The normalized spacial score (nSPS) is 13.6. The molecule has 0 unspecified atom stereocenters. The third-order valence-electron chi connectivity index (χ3n) is 4.06. The van der Waals surface area contributed by atoms with E-state index in [1.807, 2.05) is 32.0 Å². The Bertz CT molecular complexity index is 985. The van der Waals surface area contributed by atoms with Crippen LogP contribution < -0.4 is 34.5 Å². The Morgan fingerprint density at radius 2 is 1.72 bits per heavy atom. The van der Waals surface area contributed by atoms with Crippen molar-refractivity contribution < 1.29 is 52.1 Å². The van der Waals surface area contributed by atoms with Crippen LogP contribution >= 0.6 is 0 Å². The summed E-state index contributed by atoms with van der Waals surface area (Å²) in [5.74, 6) is -1.54. The third-order valence-corrected chi connectivity index (χ3v) is 4.89. The molecule has 3 rings (SSSR count). The second-order valence-corrected chi connectivity index (χ2v) is 7.16. The van der Waals surface area contributed by atoms with Gasteiger partial charge in [0.1, 0.15) is 10.1 Å². The van der Waals surface area contributed by atoms with Crippen LogP contribution in [0.25, 0.3) is 0 Å². The van der Waals surface area contributed by atoms with E-state index < -0.39 is 26.7 Å². The summed E-state index contributed by atoms with van der Waals surface area (Å²) in [6, 6.07) is 9.19. The Labute approximate surface area is 167 Å². The van der Waals surface area contributed by atoms with Crippen molar-refractivity contribution in [3.8, 4) is 0 Å². The molecule has 6 nitrogen and oxygen atoms in total. The molecule has 0 atom stereocenters. The maximum atomic E-state index is 12.3. The first-order valence-electron chi connectivity index (χ1n) is 7.21. The molecule has 0 N–H and O–H groups in total. The zero-order chi connectivity index (χ0) is 17.6. The molecule has 1 aliphatic rings. The van der Waals surface area contributed by atoms with Crippen molar-refractivity contribution in [2.24, 2.45) is 0 Å². The molecule has 1 amide bonds. The molecule has 0 saturated carbocycles. The first kappa shape index (κ1) is 19.8. The van der Waals surface area contributed by atoms with Crippen LogP contribution in [0.5, 0.6) is 0 Å². The minimum Gasteiger partial charge on any atom is -0.744 e. The zero-order valence-electron chi connectivity index (χ0n) is 14.1. The monoisotopic (exact) mass is 367 g/mol. The first-order valence-corrected chi connectivity index (χ1v) is 8.61. The van der Waals surface area contributed by atoms with Crippen molar-refractivity contribution in [1.82, 2.24) is 0 Å². The number of hydrogen-bond donors (Lipinski definition) is 0. The van der Waals surface area contributed by atoms with Crippen LogP contribution in [0.4, 0.5) is 5.69 Å². The molecule has 1 heterocycles. The van der Waals surface area contributed by atoms with Crippen LogP contribution in [-0.4, -0.2) is 24.7 Å². The largest absolute Gasteiger partial charge is 1.00 e. The van der Waals surface area contributed by atoms with Crippen molar-refractivity contribution in [3.63, 3.8) is 0 Å². The fraction of sp³-hybridized carbons (Fsp3) is 0.176. The molecule has 0 radical (unpaired) electrons. The molecular formula is C17H14NNaO5S. The number of benzene rings is 2. The van der Waals surface area contributed by atoms with E-state index in [2.05, 4.69) is 0 Å². The van der Waals surface area contributed by atoms with E-state index in [-0.39, 0.29) is 41.7 Å². The second kappa shape index (κ2) is 7.01. The van der Waals surface area contributed by atoms with Crippen molar-refractivity contribution in [1.29, 1.82) is 0 Å². The zero-order valence-corrected chi connectivity index (χ0v) is 16.9. The first-order chi connectivity index (χ1) is 11.2. The molecule has 0 saturated heterocycles. The minimum atomic E-state index is -4.69. The standard InChI is InChI=1S/C17H15NO5S.Na/c1-10-3-4-12(11(2)7-10)9-18-15-6-5-13(24(21,22)23)8-14(15)16(19)17(18)20;/h3-8H,9H2,1-2H3,(H,21,22,23);/q;+1/p-1. The van der Waals surface area contributed by atoms with E-state index in [9.17, 15) is 22.6 Å². The van der Waals surface area contributed by atoms with Gasteiger partial charge in [0, 0.05) is 0 Å². The van der Waals surface area contributed by atoms with Gasteiger partial charge in [-0.15, -0.1) is 0 Å².